The maximum Gasteiger partial charge on any atom is 0.134 e. The molecule has 1 aliphatic rings. The molecule has 0 spiro atoms. The van der Waals surface area contributed by atoms with Crippen LogP contribution in [0, 0.1) is 0 Å². The van der Waals surface area contributed by atoms with Gasteiger partial charge in [0.15, 0.2) is 0 Å². The summed E-state index contributed by atoms with van der Waals surface area (Å²) in [7, 11) is 0. The average molecular weight is 395 g/mol. The lowest BCUT2D eigenvalue weighted by molar-refractivity contribution is 0.552. The lowest BCUT2D eigenvalue weighted by Crippen LogP contribution is -1.84. The maximum atomic E-state index is 5.80. The number of alkyl halides is 2. The van der Waals surface area contributed by atoms with Gasteiger partial charge in [-0.05, 0) is 30.7 Å². The van der Waals surface area contributed by atoms with Gasteiger partial charge in [-0.15, -0.1) is 0 Å². The number of hydrogen-bond donors (Lipinski definition) is 0. The van der Waals surface area contributed by atoms with E-state index in [0.29, 0.717) is 5.92 Å². The van der Waals surface area contributed by atoms with E-state index in [2.05, 4.69) is 59.9 Å². The lowest BCUT2D eigenvalue weighted by atomic mass is 10.2. The van der Waals surface area contributed by atoms with E-state index in [-0.39, 0.29) is 3.23 Å². The van der Waals surface area contributed by atoms with Crippen molar-refractivity contribution in [3.05, 3.63) is 34.5 Å². The van der Waals surface area contributed by atoms with Gasteiger partial charge in [0.1, 0.15) is 11.3 Å². The monoisotopic (exact) mass is 392 g/mol. The van der Waals surface area contributed by atoms with Crippen LogP contribution in [-0.4, -0.2) is 3.23 Å². The number of rotatable bonds is 1. The van der Waals surface area contributed by atoms with Crippen LogP contribution in [-0.2, 0) is 0 Å². The summed E-state index contributed by atoms with van der Waals surface area (Å²) in [4.78, 5) is 0. The van der Waals surface area contributed by atoms with Crippen molar-refractivity contribution in [2.45, 2.75) is 15.6 Å². The minimum absolute atomic E-state index is 0.0606. The zero-order chi connectivity index (χ0) is 10.6. The fourth-order valence-corrected chi connectivity index (χ4v) is 3.21. The van der Waals surface area contributed by atoms with Gasteiger partial charge in [0.05, 0.1) is 3.23 Å². The molecule has 0 radical (unpaired) electrons. The Labute approximate surface area is 113 Å². The molecule has 1 atom stereocenters. The van der Waals surface area contributed by atoms with Crippen molar-refractivity contribution in [2.75, 3.05) is 0 Å². The van der Waals surface area contributed by atoms with Crippen molar-refractivity contribution < 1.29 is 4.42 Å². The molecule has 1 unspecified atom stereocenters. The van der Waals surface area contributed by atoms with Gasteiger partial charge in [0.25, 0.3) is 0 Å². The normalized spacial score (nSPS) is 23.3. The highest BCUT2D eigenvalue weighted by atomic mass is 79.9. The van der Waals surface area contributed by atoms with E-state index in [4.69, 9.17) is 4.42 Å². The molecule has 0 saturated heterocycles. The highest BCUT2D eigenvalue weighted by molar-refractivity contribution is 9.25. The molecule has 1 heterocycles. The summed E-state index contributed by atoms with van der Waals surface area (Å²) in [6, 6.07) is 8.19. The van der Waals surface area contributed by atoms with Crippen LogP contribution in [0.5, 0.6) is 0 Å². The Hall–Kier alpha value is 0.200. The first-order chi connectivity index (χ1) is 7.06. The fraction of sp³-hybridized carbons (Fsp3) is 0.273. The predicted octanol–water partition coefficient (Wildman–Crippen LogP) is 5.17. The number of fused-ring (bicyclic) bond motifs is 1. The summed E-state index contributed by atoms with van der Waals surface area (Å²) in [5, 5.41) is 1.15. The lowest BCUT2D eigenvalue weighted by Gasteiger charge is -1.94. The van der Waals surface area contributed by atoms with E-state index in [1.165, 1.54) is 0 Å². The summed E-state index contributed by atoms with van der Waals surface area (Å²) in [5.41, 5.74) is 0.955. The Balaban J connectivity index is 2.08. The number of benzene rings is 1. The Morgan fingerprint density at radius 1 is 1.27 bits per heavy atom. The smallest absolute Gasteiger partial charge is 0.134 e. The van der Waals surface area contributed by atoms with Gasteiger partial charge in [0, 0.05) is 15.8 Å². The topological polar surface area (TPSA) is 13.1 Å². The first-order valence-electron chi connectivity index (χ1n) is 4.63. The highest BCUT2D eigenvalue weighted by Gasteiger charge is 2.53. The summed E-state index contributed by atoms with van der Waals surface area (Å²) >= 11 is 10.7. The van der Waals surface area contributed by atoms with Crippen LogP contribution in [0.4, 0.5) is 0 Å². The molecule has 1 aromatic heterocycles. The highest BCUT2D eigenvalue weighted by Crippen LogP contribution is 2.62. The molecule has 0 aliphatic heterocycles. The third kappa shape index (κ3) is 1.81. The van der Waals surface area contributed by atoms with E-state index in [0.717, 1.165) is 27.6 Å². The fourth-order valence-electron chi connectivity index (χ4n) is 1.73. The van der Waals surface area contributed by atoms with Gasteiger partial charge in [-0.3, -0.25) is 0 Å². The van der Waals surface area contributed by atoms with E-state index < -0.39 is 0 Å². The molecule has 2 aromatic rings. The second kappa shape index (κ2) is 3.34. The summed E-state index contributed by atoms with van der Waals surface area (Å²) < 4.78 is 6.95. The van der Waals surface area contributed by atoms with Crippen molar-refractivity contribution in [1.29, 1.82) is 0 Å². The molecule has 1 saturated carbocycles. The largest absolute Gasteiger partial charge is 0.461 e. The summed E-state index contributed by atoms with van der Waals surface area (Å²) in [6.45, 7) is 0. The van der Waals surface area contributed by atoms with Gasteiger partial charge in [0.2, 0.25) is 0 Å². The maximum absolute atomic E-state index is 5.80. The van der Waals surface area contributed by atoms with Crippen molar-refractivity contribution in [3.63, 3.8) is 0 Å². The molecule has 4 heteroatoms. The molecule has 0 bridgehead atoms. The second-order valence-electron chi connectivity index (χ2n) is 3.85. The first kappa shape index (κ1) is 10.4. The molecular formula is C11H7Br3O. The van der Waals surface area contributed by atoms with Crippen molar-refractivity contribution >= 4 is 58.8 Å². The molecule has 1 nitrogen and oxygen atoms in total. The third-order valence-electron chi connectivity index (χ3n) is 2.67. The SMILES string of the molecule is Brc1ccc2oc(C3CC3(Br)Br)cc2c1. The number of hydrogen-bond acceptors (Lipinski definition) is 1. The number of halogens is 3. The number of furan rings is 1. The molecule has 1 aromatic carbocycles. The standard InChI is InChI=1S/C11H7Br3O/c12-7-1-2-9-6(3-7)4-10(15-9)8-5-11(8,13)14/h1-4,8H,5H2. The minimum Gasteiger partial charge on any atom is -0.461 e. The van der Waals surface area contributed by atoms with Gasteiger partial charge in [-0.1, -0.05) is 47.8 Å². The second-order valence-corrected chi connectivity index (χ2v) is 8.66. The van der Waals surface area contributed by atoms with Gasteiger partial charge in [-0.2, -0.15) is 0 Å². The predicted molar refractivity (Wildman–Crippen MR) is 71.9 cm³/mol. The molecule has 0 amide bonds. The van der Waals surface area contributed by atoms with Crippen LogP contribution >= 0.6 is 47.8 Å². The molecular weight excluding hydrogens is 388 g/mol. The van der Waals surface area contributed by atoms with E-state index in [9.17, 15) is 0 Å². The molecule has 0 N–H and O–H groups in total. The van der Waals surface area contributed by atoms with Crippen LogP contribution < -0.4 is 0 Å². The van der Waals surface area contributed by atoms with Crippen LogP contribution in [0.2, 0.25) is 0 Å². The van der Waals surface area contributed by atoms with Gasteiger partial charge < -0.3 is 4.42 Å². The Morgan fingerprint density at radius 2 is 2.00 bits per heavy atom. The zero-order valence-corrected chi connectivity index (χ0v) is 12.4. The Morgan fingerprint density at radius 3 is 2.67 bits per heavy atom. The van der Waals surface area contributed by atoms with Crippen LogP contribution in [0.3, 0.4) is 0 Å². The Bertz CT molecular complexity index is 530. The van der Waals surface area contributed by atoms with Gasteiger partial charge in [-0.25, -0.2) is 0 Å². The van der Waals surface area contributed by atoms with E-state index >= 15 is 0 Å². The summed E-state index contributed by atoms with van der Waals surface area (Å²) in [5.74, 6) is 1.50. The quantitative estimate of drug-likeness (QED) is 0.608. The van der Waals surface area contributed by atoms with E-state index in [1.54, 1.807) is 0 Å². The minimum atomic E-state index is 0.0606. The molecule has 78 valence electrons. The zero-order valence-electron chi connectivity index (χ0n) is 7.64. The molecule has 1 fully saturated rings. The summed E-state index contributed by atoms with van der Waals surface area (Å²) in [6.07, 6.45) is 1.08. The van der Waals surface area contributed by atoms with Crippen molar-refractivity contribution in [1.82, 2.24) is 0 Å². The van der Waals surface area contributed by atoms with E-state index in [1.807, 2.05) is 12.1 Å². The average Bonchev–Trinajstić information content (AvgIpc) is 2.63. The Kier molecular flexibility index (Phi) is 2.31. The van der Waals surface area contributed by atoms with Crippen molar-refractivity contribution in [3.8, 4) is 0 Å². The molecule has 3 rings (SSSR count). The molecule has 1 aliphatic carbocycles. The van der Waals surface area contributed by atoms with Crippen LogP contribution in [0.25, 0.3) is 11.0 Å². The van der Waals surface area contributed by atoms with Crippen LogP contribution in [0.1, 0.15) is 18.1 Å². The van der Waals surface area contributed by atoms with Gasteiger partial charge >= 0.3 is 0 Å². The first-order valence-corrected chi connectivity index (χ1v) is 7.01. The third-order valence-corrected chi connectivity index (χ3v) is 4.91. The van der Waals surface area contributed by atoms with Crippen LogP contribution in [0.15, 0.2) is 33.2 Å². The van der Waals surface area contributed by atoms with Crippen molar-refractivity contribution in [2.24, 2.45) is 0 Å². The molecule has 15 heavy (non-hydrogen) atoms.